The van der Waals surface area contributed by atoms with Gasteiger partial charge in [0.2, 0.25) is 5.89 Å². The summed E-state index contributed by atoms with van der Waals surface area (Å²) >= 11 is 1.57. The first kappa shape index (κ1) is 10.3. The number of nitrogens with two attached hydrogens (primary N) is 1. The van der Waals surface area contributed by atoms with Gasteiger partial charge >= 0.3 is 0 Å². The van der Waals surface area contributed by atoms with E-state index in [0.717, 1.165) is 23.5 Å². The van der Waals surface area contributed by atoms with Crippen molar-refractivity contribution in [3.8, 4) is 11.6 Å². The molecule has 80 valence electrons. The molecule has 0 aliphatic rings. The van der Waals surface area contributed by atoms with Crippen LogP contribution in [0.4, 0.5) is 0 Å². The van der Waals surface area contributed by atoms with Crippen molar-refractivity contribution in [3.05, 3.63) is 16.3 Å². The smallest absolute Gasteiger partial charge is 0.267 e. The van der Waals surface area contributed by atoms with Crippen LogP contribution in [0.25, 0.3) is 11.6 Å². The molecule has 2 N–H and O–H groups in total. The van der Waals surface area contributed by atoms with E-state index in [1.807, 2.05) is 12.3 Å². The van der Waals surface area contributed by atoms with E-state index in [4.69, 9.17) is 10.2 Å². The van der Waals surface area contributed by atoms with Crippen LogP contribution in [0, 0.1) is 6.92 Å². The van der Waals surface area contributed by atoms with Gasteiger partial charge in [-0.2, -0.15) is 0 Å². The predicted octanol–water partition coefficient (Wildman–Crippen LogP) is 1.39. The summed E-state index contributed by atoms with van der Waals surface area (Å²) in [5.74, 6) is 1.12. The van der Waals surface area contributed by atoms with E-state index in [0.29, 0.717) is 18.3 Å². The van der Waals surface area contributed by atoms with E-state index in [9.17, 15) is 0 Å². The lowest BCUT2D eigenvalue weighted by Crippen LogP contribution is -2.00. The van der Waals surface area contributed by atoms with Gasteiger partial charge in [0.25, 0.3) is 5.89 Å². The summed E-state index contributed by atoms with van der Waals surface area (Å²) in [6, 6.07) is 0. The summed E-state index contributed by atoms with van der Waals surface area (Å²) in [4.78, 5) is 4.27. The fourth-order valence-corrected chi connectivity index (χ4v) is 1.76. The Kier molecular flexibility index (Phi) is 3.08. The molecule has 2 heterocycles. The molecule has 15 heavy (non-hydrogen) atoms. The van der Waals surface area contributed by atoms with Crippen molar-refractivity contribution in [1.29, 1.82) is 0 Å². The van der Waals surface area contributed by atoms with E-state index in [2.05, 4.69) is 15.2 Å². The van der Waals surface area contributed by atoms with E-state index in [1.165, 1.54) is 0 Å². The Labute approximate surface area is 91.4 Å². The van der Waals surface area contributed by atoms with E-state index in [1.54, 1.807) is 11.3 Å². The van der Waals surface area contributed by atoms with Crippen molar-refractivity contribution >= 4 is 11.3 Å². The molecule has 0 aliphatic heterocycles. The molecule has 6 heteroatoms. The minimum atomic E-state index is 0.492. The second-order valence-electron chi connectivity index (χ2n) is 3.14. The van der Waals surface area contributed by atoms with Crippen molar-refractivity contribution in [2.75, 3.05) is 6.54 Å². The van der Waals surface area contributed by atoms with Crippen LogP contribution in [0.5, 0.6) is 0 Å². The summed E-state index contributed by atoms with van der Waals surface area (Å²) in [5.41, 5.74) is 6.15. The van der Waals surface area contributed by atoms with Crippen LogP contribution in [0.1, 0.15) is 17.3 Å². The highest BCUT2D eigenvalue weighted by atomic mass is 32.1. The van der Waals surface area contributed by atoms with Gasteiger partial charge in [-0.25, -0.2) is 4.98 Å². The molecule has 0 fully saturated rings. The standard InChI is InChI=1S/C9H12N4OS/c1-6-11-7(5-15-6)9-13-12-8(14-9)3-2-4-10/h5H,2-4,10H2,1H3. The second kappa shape index (κ2) is 4.50. The zero-order valence-corrected chi connectivity index (χ0v) is 9.25. The molecule has 2 aromatic rings. The number of rotatable bonds is 4. The summed E-state index contributed by atoms with van der Waals surface area (Å²) in [6.07, 6.45) is 1.59. The normalized spacial score (nSPS) is 10.8. The first-order valence-corrected chi connectivity index (χ1v) is 5.62. The summed E-state index contributed by atoms with van der Waals surface area (Å²) in [6.45, 7) is 2.58. The van der Waals surface area contributed by atoms with Crippen LogP contribution in [-0.2, 0) is 6.42 Å². The summed E-state index contributed by atoms with van der Waals surface area (Å²) in [5, 5.41) is 10.8. The molecule has 0 unspecified atom stereocenters. The lowest BCUT2D eigenvalue weighted by atomic mass is 10.3. The number of hydrogen-bond acceptors (Lipinski definition) is 6. The molecule has 0 amide bonds. The first-order chi connectivity index (χ1) is 7.29. The maximum absolute atomic E-state index is 5.45. The Hall–Kier alpha value is -1.27. The van der Waals surface area contributed by atoms with Gasteiger partial charge in [-0.05, 0) is 19.9 Å². The highest BCUT2D eigenvalue weighted by Gasteiger charge is 2.10. The monoisotopic (exact) mass is 224 g/mol. The largest absolute Gasteiger partial charge is 0.419 e. The van der Waals surface area contributed by atoms with Crippen molar-refractivity contribution in [3.63, 3.8) is 0 Å². The SMILES string of the molecule is Cc1nc(-c2nnc(CCCN)o2)cs1. The molecule has 0 radical (unpaired) electrons. The molecular weight excluding hydrogens is 212 g/mol. The third-order valence-corrected chi connectivity index (χ3v) is 2.67. The van der Waals surface area contributed by atoms with Crippen LogP contribution >= 0.6 is 11.3 Å². The highest BCUT2D eigenvalue weighted by molar-refractivity contribution is 7.09. The quantitative estimate of drug-likeness (QED) is 0.849. The van der Waals surface area contributed by atoms with Crippen LogP contribution in [-0.4, -0.2) is 21.7 Å². The molecule has 5 nitrogen and oxygen atoms in total. The molecule has 0 saturated heterocycles. The van der Waals surface area contributed by atoms with Gasteiger partial charge in [-0.3, -0.25) is 0 Å². The van der Waals surface area contributed by atoms with E-state index >= 15 is 0 Å². The molecule has 0 aliphatic carbocycles. The van der Waals surface area contributed by atoms with Gasteiger partial charge in [-0.15, -0.1) is 21.5 Å². The number of nitrogens with zero attached hydrogens (tertiary/aromatic N) is 3. The van der Waals surface area contributed by atoms with Crippen molar-refractivity contribution in [1.82, 2.24) is 15.2 Å². The van der Waals surface area contributed by atoms with Gasteiger partial charge in [-0.1, -0.05) is 0 Å². The average molecular weight is 224 g/mol. The second-order valence-corrected chi connectivity index (χ2v) is 4.21. The van der Waals surface area contributed by atoms with Gasteiger partial charge in [0.1, 0.15) is 5.69 Å². The Morgan fingerprint density at radius 1 is 1.47 bits per heavy atom. The highest BCUT2D eigenvalue weighted by Crippen LogP contribution is 2.20. The summed E-state index contributed by atoms with van der Waals surface area (Å²) in [7, 11) is 0. The molecule has 0 saturated carbocycles. The third-order valence-electron chi connectivity index (χ3n) is 1.90. The Morgan fingerprint density at radius 3 is 3.00 bits per heavy atom. The number of hydrogen-bond donors (Lipinski definition) is 1. The van der Waals surface area contributed by atoms with Gasteiger partial charge in [0.05, 0.1) is 5.01 Å². The molecule has 0 spiro atoms. The van der Waals surface area contributed by atoms with Crippen LogP contribution in [0.15, 0.2) is 9.80 Å². The van der Waals surface area contributed by atoms with Crippen molar-refractivity contribution in [2.24, 2.45) is 5.73 Å². The third kappa shape index (κ3) is 2.40. The average Bonchev–Trinajstić information content (AvgIpc) is 2.83. The zero-order chi connectivity index (χ0) is 10.7. The lowest BCUT2D eigenvalue weighted by molar-refractivity contribution is 0.497. The topological polar surface area (TPSA) is 77.8 Å². The fraction of sp³-hybridized carbons (Fsp3) is 0.444. The molecule has 2 rings (SSSR count). The minimum Gasteiger partial charge on any atom is -0.419 e. The minimum absolute atomic E-state index is 0.492. The van der Waals surface area contributed by atoms with Gasteiger partial charge < -0.3 is 10.2 Å². The van der Waals surface area contributed by atoms with Crippen molar-refractivity contribution in [2.45, 2.75) is 19.8 Å². The van der Waals surface area contributed by atoms with Crippen LogP contribution < -0.4 is 5.73 Å². The van der Waals surface area contributed by atoms with E-state index in [-0.39, 0.29) is 0 Å². The number of thiazole rings is 1. The zero-order valence-electron chi connectivity index (χ0n) is 8.43. The van der Waals surface area contributed by atoms with Gasteiger partial charge in [0, 0.05) is 11.8 Å². The van der Waals surface area contributed by atoms with Crippen molar-refractivity contribution < 1.29 is 4.42 Å². The Balaban J connectivity index is 2.13. The predicted molar refractivity (Wildman–Crippen MR) is 57.5 cm³/mol. The fourth-order valence-electron chi connectivity index (χ4n) is 1.17. The number of aryl methyl sites for hydroxylation is 2. The Bertz CT molecular complexity index is 437. The molecule has 0 aromatic carbocycles. The summed E-state index contributed by atoms with van der Waals surface area (Å²) < 4.78 is 5.45. The van der Waals surface area contributed by atoms with Crippen LogP contribution in [0.2, 0.25) is 0 Å². The molecular formula is C9H12N4OS. The maximum atomic E-state index is 5.45. The Morgan fingerprint density at radius 2 is 2.33 bits per heavy atom. The van der Waals surface area contributed by atoms with Gasteiger partial charge in [0.15, 0.2) is 0 Å². The number of aromatic nitrogens is 3. The molecule has 2 aromatic heterocycles. The van der Waals surface area contributed by atoms with E-state index < -0.39 is 0 Å². The molecule has 0 bridgehead atoms. The van der Waals surface area contributed by atoms with Crippen LogP contribution in [0.3, 0.4) is 0 Å². The lowest BCUT2D eigenvalue weighted by Gasteiger charge is -1.89. The maximum Gasteiger partial charge on any atom is 0.267 e. The molecule has 0 atom stereocenters. The first-order valence-electron chi connectivity index (χ1n) is 4.74.